The molecule has 2 heterocycles. The first kappa shape index (κ1) is 16.6. The fourth-order valence-corrected chi connectivity index (χ4v) is 3.23. The first-order valence-electron chi connectivity index (χ1n) is 8.52. The fraction of sp³-hybridized carbons (Fsp3) is 0.474. The Morgan fingerprint density at radius 3 is 2.79 bits per heavy atom. The van der Waals surface area contributed by atoms with E-state index in [1.165, 1.54) is 0 Å². The third-order valence-electron chi connectivity index (χ3n) is 4.54. The van der Waals surface area contributed by atoms with Gasteiger partial charge < -0.3 is 15.2 Å². The number of aromatic amines is 1. The van der Waals surface area contributed by atoms with Crippen molar-refractivity contribution in [2.75, 3.05) is 18.4 Å². The van der Waals surface area contributed by atoms with Gasteiger partial charge in [-0.3, -0.25) is 9.59 Å². The first-order chi connectivity index (χ1) is 11.3. The molecule has 0 spiro atoms. The number of carbonyl (C=O) groups excluding carboxylic acids is 2. The Hall–Kier alpha value is -2.30. The van der Waals surface area contributed by atoms with Crippen molar-refractivity contribution in [3.63, 3.8) is 0 Å². The third kappa shape index (κ3) is 3.45. The minimum atomic E-state index is -0.405. The fourth-order valence-electron chi connectivity index (χ4n) is 3.23. The highest BCUT2D eigenvalue weighted by Gasteiger charge is 2.33. The molecule has 1 saturated heterocycles. The number of likely N-dealkylation sites (tertiary alicyclic amines) is 1. The quantitative estimate of drug-likeness (QED) is 0.888. The third-order valence-corrected chi connectivity index (χ3v) is 4.54. The van der Waals surface area contributed by atoms with Crippen LogP contribution >= 0.6 is 0 Å². The molecule has 0 saturated carbocycles. The number of anilines is 1. The van der Waals surface area contributed by atoms with Gasteiger partial charge in [-0.15, -0.1) is 0 Å². The normalized spacial score (nSPS) is 18.6. The number of hydrogen-bond donors (Lipinski definition) is 2. The maximum atomic E-state index is 12.6. The van der Waals surface area contributed by atoms with Crippen LogP contribution in [0.1, 0.15) is 33.6 Å². The van der Waals surface area contributed by atoms with E-state index in [1.54, 1.807) is 0 Å². The molecule has 24 heavy (non-hydrogen) atoms. The highest BCUT2D eigenvalue weighted by molar-refractivity contribution is 5.95. The number of fused-ring (bicyclic) bond motifs is 1. The smallest absolute Gasteiger partial charge is 0.229 e. The lowest BCUT2D eigenvalue weighted by Gasteiger charge is -2.35. The summed E-state index contributed by atoms with van der Waals surface area (Å²) in [4.78, 5) is 30.0. The SMILES string of the molecule is CC(C)(C)C(=O)N1CCC[C@H](C(=O)Nc2ccc3[nH]ccc3c2)C1. The Balaban J connectivity index is 1.67. The number of hydrogen-bond acceptors (Lipinski definition) is 2. The predicted molar refractivity (Wildman–Crippen MR) is 95.7 cm³/mol. The molecule has 2 amide bonds. The van der Waals surface area contributed by atoms with Gasteiger partial charge in [0.05, 0.1) is 5.92 Å². The van der Waals surface area contributed by atoms with Gasteiger partial charge in [0.1, 0.15) is 0 Å². The molecule has 0 aliphatic carbocycles. The summed E-state index contributed by atoms with van der Waals surface area (Å²) >= 11 is 0. The van der Waals surface area contributed by atoms with Crippen LogP contribution < -0.4 is 5.32 Å². The number of piperidine rings is 1. The van der Waals surface area contributed by atoms with Crippen LogP contribution in [0.4, 0.5) is 5.69 Å². The Morgan fingerprint density at radius 2 is 2.04 bits per heavy atom. The summed E-state index contributed by atoms with van der Waals surface area (Å²) < 4.78 is 0. The average molecular weight is 327 g/mol. The van der Waals surface area contributed by atoms with E-state index < -0.39 is 5.41 Å². The summed E-state index contributed by atoms with van der Waals surface area (Å²) in [6.45, 7) is 7.02. The van der Waals surface area contributed by atoms with E-state index in [-0.39, 0.29) is 17.7 Å². The van der Waals surface area contributed by atoms with E-state index >= 15 is 0 Å². The lowest BCUT2D eigenvalue weighted by molar-refractivity contribution is -0.142. The molecule has 1 fully saturated rings. The van der Waals surface area contributed by atoms with Crippen LogP contribution in [0.15, 0.2) is 30.5 Å². The standard InChI is InChI=1S/C19H25N3O2/c1-19(2,3)18(24)22-10-4-5-14(12-22)17(23)21-15-6-7-16-13(11-15)8-9-20-16/h6-9,11,14,20H,4-5,10,12H2,1-3H3,(H,21,23)/t14-/m0/s1. The molecule has 5 heteroatoms. The van der Waals surface area contributed by atoms with E-state index in [2.05, 4.69) is 10.3 Å². The molecule has 0 bridgehead atoms. The molecule has 0 radical (unpaired) electrons. The van der Waals surface area contributed by atoms with Gasteiger partial charge in [-0.05, 0) is 37.1 Å². The van der Waals surface area contributed by atoms with E-state index in [9.17, 15) is 9.59 Å². The molecule has 0 unspecified atom stereocenters. The van der Waals surface area contributed by atoms with Gasteiger partial charge in [-0.2, -0.15) is 0 Å². The topological polar surface area (TPSA) is 65.2 Å². The number of nitrogens with zero attached hydrogens (tertiary/aromatic N) is 1. The van der Waals surface area contributed by atoms with Crippen LogP contribution in [0.2, 0.25) is 0 Å². The molecule has 5 nitrogen and oxygen atoms in total. The zero-order valence-electron chi connectivity index (χ0n) is 14.6. The number of rotatable bonds is 2. The Labute approximate surface area is 142 Å². The summed E-state index contributed by atoms with van der Waals surface area (Å²) in [5.41, 5.74) is 1.44. The molecule has 128 valence electrons. The van der Waals surface area contributed by atoms with Crippen molar-refractivity contribution in [3.8, 4) is 0 Å². The van der Waals surface area contributed by atoms with Crippen molar-refractivity contribution in [2.45, 2.75) is 33.6 Å². The highest BCUT2D eigenvalue weighted by Crippen LogP contribution is 2.25. The minimum Gasteiger partial charge on any atom is -0.361 e. The summed E-state index contributed by atoms with van der Waals surface area (Å²) in [6.07, 6.45) is 3.58. The Kier molecular flexibility index (Phi) is 4.35. The lowest BCUT2D eigenvalue weighted by atomic mass is 9.91. The van der Waals surface area contributed by atoms with Gasteiger partial charge >= 0.3 is 0 Å². The van der Waals surface area contributed by atoms with Crippen LogP contribution in [-0.2, 0) is 9.59 Å². The zero-order chi connectivity index (χ0) is 17.3. The molecule has 1 aliphatic heterocycles. The van der Waals surface area contributed by atoms with Gasteiger partial charge in [0.25, 0.3) is 0 Å². The van der Waals surface area contributed by atoms with Gasteiger partial charge in [-0.1, -0.05) is 20.8 Å². The summed E-state index contributed by atoms with van der Waals surface area (Å²) in [5, 5.41) is 4.07. The Morgan fingerprint density at radius 1 is 1.25 bits per heavy atom. The summed E-state index contributed by atoms with van der Waals surface area (Å²) in [7, 11) is 0. The number of benzene rings is 1. The molecule has 1 aromatic heterocycles. The van der Waals surface area contributed by atoms with E-state index in [0.29, 0.717) is 6.54 Å². The summed E-state index contributed by atoms with van der Waals surface area (Å²) in [5.74, 6) is -0.0305. The van der Waals surface area contributed by atoms with Crippen LogP contribution in [0.5, 0.6) is 0 Å². The van der Waals surface area contributed by atoms with Crippen LogP contribution in [0.25, 0.3) is 10.9 Å². The highest BCUT2D eigenvalue weighted by atomic mass is 16.2. The largest absolute Gasteiger partial charge is 0.361 e. The molecular weight excluding hydrogens is 302 g/mol. The van der Waals surface area contributed by atoms with Gasteiger partial charge in [0.15, 0.2) is 0 Å². The minimum absolute atomic E-state index is 0.00343. The lowest BCUT2D eigenvalue weighted by Crippen LogP contribution is -2.47. The van der Waals surface area contributed by atoms with Gasteiger partial charge in [-0.25, -0.2) is 0 Å². The first-order valence-corrected chi connectivity index (χ1v) is 8.52. The molecular formula is C19H25N3O2. The van der Waals surface area contributed by atoms with E-state index in [4.69, 9.17) is 0 Å². The van der Waals surface area contributed by atoms with E-state index in [0.717, 1.165) is 36.0 Å². The predicted octanol–water partition coefficient (Wildman–Crippen LogP) is 3.39. The monoisotopic (exact) mass is 327 g/mol. The number of amides is 2. The number of H-pyrrole nitrogens is 1. The van der Waals surface area contributed by atoms with Gasteiger partial charge in [0, 0.05) is 41.3 Å². The molecule has 1 atom stereocenters. The molecule has 1 aliphatic rings. The summed E-state index contributed by atoms with van der Waals surface area (Å²) in [6, 6.07) is 7.80. The van der Waals surface area contributed by atoms with Crippen molar-refractivity contribution >= 4 is 28.4 Å². The number of aromatic nitrogens is 1. The van der Waals surface area contributed by atoms with Crippen molar-refractivity contribution in [1.82, 2.24) is 9.88 Å². The zero-order valence-corrected chi connectivity index (χ0v) is 14.6. The van der Waals surface area contributed by atoms with Crippen molar-refractivity contribution in [2.24, 2.45) is 11.3 Å². The van der Waals surface area contributed by atoms with Crippen LogP contribution in [0, 0.1) is 11.3 Å². The number of nitrogens with one attached hydrogen (secondary N) is 2. The Bertz CT molecular complexity index is 757. The maximum Gasteiger partial charge on any atom is 0.229 e. The van der Waals surface area contributed by atoms with Crippen LogP contribution in [-0.4, -0.2) is 34.8 Å². The second-order valence-corrected chi connectivity index (χ2v) is 7.61. The van der Waals surface area contributed by atoms with Crippen molar-refractivity contribution in [3.05, 3.63) is 30.5 Å². The molecule has 3 rings (SSSR count). The molecule has 2 aromatic rings. The van der Waals surface area contributed by atoms with Crippen molar-refractivity contribution < 1.29 is 9.59 Å². The maximum absolute atomic E-state index is 12.6. The molecule has 2 N–H and O–H groups in total. The van der Waals surface area contributed by atoms with E-state index in [1.807, 2.05) is 56.1 Å². The van der Waals surface area contributed by atoms with Crippen molar-refractivity contribution in [1.29, 1.82) is 0 Å². The van der Waals surface area contributed by atoms with Crippen LogP contribution in [0.3, 0.4) is 0 Å². The molecule has 1 aromatic carbocycles. The second-order valence-electron chi connectivity index (χ2n) is 7.61. The second kappa shape index (κ2) is 6.30. The average Bonchev–Trinajstić information content (AvgIpc) is 3.01. The number of carbonyl (C=O) groups is 2. The van der Waals surface area contributed by atoms with Gasteiger partial charge in [0.2, 0.25) is 11.8 Å².